The maximum Gasteiger partial charge on any atom is 0.273 e. The molecule has 0 radical (unpaired) electrons. The van der Waals surface area contributed by atoms with Crippen molar-refractivity contribution in [1.29, 1.82) is 0 Å². The fraction of sp³-hybridized carbons (Fsp3) is 0.333. The molecule has 1 aliphatic heterocycles. The Morgan fingerprint density at radius 2 is 1.80 bits per heavy atom. The Balaban J connectivity index is 1.58. The molecule has 0 saturated carbocycles. The second-order valence-corrected chi connectivity index (χ2v) is 7.49. The second kappa shape index (κ2) is 9.64. The minimum Gasteiger partial charge on any atom is -0.369 e. The van der Waals surface area contributed by atoms with Gasteiger partial charge in [0, 0.05) is 54.7 Å². The number of hydrogen-bond acceptors (Lipinski definition) is 6. The second-order valence-electron chi connectivity index (χ2n) is 7.08. The van der Waals surface area contributed by atoms with Gasteiger partial charge in [0.2, 0.25) is 0 Å². The molecule has 8 nitrogen and oxygen atoms in total. The summed E-state index contributed by atoms with van der Waals surface area (Å²) >= 11 is 5.23. The summed E-state index contributed by atoms with van der Waals surface area (Å²) in [6, 6.07) is 12.3. The fourth-order valence-corrected chi connectivity index (χ4v) is 3.69. The number of nitrogens with one attached hydrogen (secondary N) is 2. The largest absolute Gasteiger partial charge is 0.369 e. The van der Waals surface area contributed by atoms with E-state index in [1.54, 1.807) is 6.92 Å². The molecule has 0 aliphatic carbocycles. The summed E-state index contributed by atoms with van der Waals surface area (Å²) in [5.74, 6) is -0.487. The summed E-state index contributed by atoms with van der Waals surface area (Å²) in [5, 5.41) is 16.8. The minimum atomic E-state index is -0.508. The number of nitrogens with zero attached hydrogens (tertiary/aromatic N) is 3. The fourth-order valence-electron chi connectivity index (χ4n) is 3.48. The van der Waals surface area contributed by atoms with Gasteiger partial charge in [0.05, 0.1) is 4.92 Å². The Kier molecular flexibility index (Phi) is 6.96. The number of likely N-dealkylation sites (N-methyl/N-ethyl adjacent to an activating group) is 1. The highest BCUT2D eigenvalue weighted by atomic mass is 32.1. The lowest BCUT2D eigenvalue weighted by Gasteiger charge is -2.35. The number of benzene rings is 2. The summed E-state index contributed by atoms with van der Waals surface area (Å²) in [6.45, 7) is 8.92. The summed E-state index contributed by atoms with van der Waals surface area (Å²) in [5.41, 5.74) is 2.33. The Morgan fingerprint density at radius 1 is 1.13 bits per heavy atom. The zero-order valence-corrected chi connectivity index (χ0v) is 17.9. The average Bonchev–Trinajstić information content (AvgIpc) is 2.74. The van der Waals surface area contributed by atoms with Gasteiger partial charge in [0.1, 0.15) is 0 Å². The topological polar surface area (TPSA) is 90.8 Å². The van der Waals surface area contributed by atoms with Crippen LogP contribution in [0.5, 0.6) is 0 Å². The lowest BCUT2D eigenvalue weighted by atomic mass is 10.1. The number of piperazine rings is 1. The monoisotopic (exact) mass is 427 g/mol. The molecule has 0 aromatic heterocycles. The van der Waals surface area contributed by atoms with Crippen molar-refractivity contribution in [3.05, 3.63) is 63.7 Å². The zero-order chi connectivity index (χ0) is 21.7. The third-order valence-electron chi connectivity index (χ3n) is 5.28. The first-order chi connectivity index (χ1) is 14.4. The van der Waals surface area contributed by atoms with Gasteiger partial charge in [-0.1, -0.05) is 13.0 Å². The molecule has 1 heterocycles. The maximum atomic E-state index is 12.5. The Hall–Kier alpha value is -3.04. The van der Waals surface area contributed by atoms with Crippen molar-refractivity contribution in [3.63, 3.8) is 0 Å². The molecule has 3 rings (SSSR count). The normalized spacial score (nSPS) is 14.3. The van der Waals surface area contributed by atoms with Crippen molar-refractivity contribution in [1.82, 2.24) is 10.2 Å². The molecule has 2 N–H and O–H groups in total. The molecular weight excluding hydrogens is 402 g/mol. The molecule has 9 heteroatoms. The van der Waals surface area contributed by atoms with Crippen LogP contribution in [0.15, 0.2) is 42.5 Å². The van der Waals surface area contributed by atoms with Crippen LogP contribution >= 0.6 is 12.2 Å². The molecule has 1 amide bonds. The van der Waals surface area contributed by atoms with E-state index in [2.05, 4.69) is 27.4 Å². The van der Waals surface area contributed by atoms with Crippen molar-refractivity contribution < 1.29 is 9.72 Å². The van der Waals surface area contributed by atoms with Gasteiger partial charge < -0.3 is 15.1 Å². The number of amides is 1. The average molecular weight is 428 g/mol. The van der Waals surface area contributed by atoms with Crippen molar-refractivity contribution >= 4 is 40.3 Å². The van der Waals surface area contributed by atoms with Crippen molar-refractivity contribution in [2.24, 2.45) is 0 Å². The Morgan fingerprint density at radius 3 is 2.40 bits per heavy atom. The van der Waals surface area contributed by atoms with Gasteiger partial charge in [0.15, 0.2) is 5.11 Å². The summed E-state index contributed by atoms with van der Waals surface area (Å²) in [6.07, 6.45) is 0. The van der Waals surface area contributed by atoms with Gasteiger partial charge in [0.25, 0.3) is 11.6 Å². The van der Waals surface area contributed by atoms with Gasteiger partial charge >= 0.3 is 0 Å². The molecule has 1 aliphatic rings. The molecule has 30 heavy (non-hydrogen) atoms. The number of nitro groups is 1. The minimum absolute atomic E-state index is 0.100. The number of anilines is 2. The third kappa shape index (κ3) is 5.11. The predicted molar refractivity (Wildman–Crippen MR) is 122 cm³/mol. The highest BCUT2D eigenvalue weighted by Gasteiger charge is 2.19. The van der Waals surface area contributed by atoms with Gasteiger partial charge in [-0.05, 0) is 56.0 Å². The van der Waals surface area contributed by atoms with E-state index in [1.165, 1.54) is 18.2 Å². The van der Waals surface area contributed by atoms with Crippen LogP contribution in [-0.4, -0.2) is 53.6 Å². The van der Waals surface area contributed by atoms with Gasteiger partial charge in [-0.15, -0.1) is 0 Å². The third-order valence-corrected chi connectivity index (χ3v) is 5.49. The van der Waals surface area contributed by atoms with Crippen molar-refractivity contribution in [2.75, 3.05) is 42.9 Å². The molecule has 2 aromatic carbocycles. The van der Waals surface area contributed by atoms with E-state index >= 15 is 0 Å². The summed E-state index contributed by atoms with van der Waals surface area (Å²) in [4.78, 5) is 27.8. The molecule has 0 spiro atoms. The van der Waals surface area contributed by atoms with Crippen LogP contribution in [0, 0.1) is 17.0 Å². The summed E-state index contributed by atoms with van der Waals surface area (Å²) < 4.78 is 0. The van der Waals surface area contributed by atoms with Crippen LogP contribution in [0.2, 0.25) is 0 Å². The first-order valence-corrected chi connectivity index (χ1v) is 10.2. The smallest absolute Gasteiger partial charge is 0.273 e. The first kappa shape index (κ1) is 21.7. The van der Waals surface area contributed by atoms with Crippen LogP contribution in [0.1, 0.15) is 22.8 Å². The van der Waals surface area contributed by atoms with E-state index in [0.29, 0.717) is 5.56 Å². The molecule has 2 aromatic rings. The number of rotatable bonds is 5. The lowest BCUT2D eigenvalue weighted by Crippen LogP contribution is -2.46. The van der Waals surface area contributed by atoms with Gasteiger partial charge in [-0.3, -0.25) is 20.2 Å². The molecule has 0 atom stereocenters. The highest BCUT2D eigenvalue weighted by Crippen LogP contribution is 2.22. The van der Waals surface area contributed by atoms with Crippen LogP contribution in [0.3, 0.4) is 0 Å². The van der Waals surface area contributed by atoms with Gasteiger partial charge in [-0.25, -0.2) is 0 Å². The SMILES string of the molecule is CCN1CCN(c2ccc(NC(=S)NC(=O)c3cccc([N+](=O)[O-])c3C)cc2)CC1. The standard InChI is InChI=1S/C21H25N5O3S/c1-3-24-11-13-25(14-12-24)17-9-7-16(8-10-17)22-21(30)23-20(27)18-5-4-6-19(15(18)2)26(28)29/h4-10H,3,11-14H2,1-2H3,(H2,22,23,27,30). The van der Waals surface area contributed by atoms with E-state index in [0.717, 1.165) is 44.1 Å². The zero-order valence-electron chi connectivity index (χ0n) is 17.1. The van der Waals surface area contributed by atoms with Crippen LogP contribution < -0.4 is 15.5 Å². The molecule has 1 fully saturated rings. The molecule has 1 saturated heterocycles. The lowest BCUT2D eigenvalue weighted by molar-refractivity contribution is -0.385. The van der Waals surface area contributed by atoms with E-state index in [4.69, 9.17) is 12.2 Å². The predicted octanol–water partition coefficient (Wildman–Crippen LogP) is 3.17. The van der Waals surface area contributed by atoms with Crippen LogP contribution in [0.4, 0.5) is 17.1 Å². The molecule has 158 valence electrons. The Labute approximate surface area is 181 Å². The summed E-state index contributed by atoms with van der Waals surface area (Å²) in [7, 11) is 0. The number of carbonyl (C=O) groups excluding carboxylic acids is 1. The van der Waals surface area contributed by atoms with Crippen LogP contribution in [-0.2, 0) is 0 Å². The quantitative estimate of drug-likeness (QED) is 0.430. The van der Waals surface area contributed by atoms with Gasteiger partial charge in [-0.2, -0.15) is 0 Å². The first-order valence-electron chi connectivity index (χ1n) is 9.82. The molecule has 0 bridgehead atoms. The number of thiocarbonyl (C=S) groups is 1. The molecule has 0 unspecified atom stereocenters. The number of hydrogen-bond donors (Lipinski definition) is 2. The Bertz CT molecular complexity index is 940. The van der Waals surface area contributed by atoms with E-state index in [9.17, 15) is 14.9 Å². The van der Waals surface area contributed by atoms with Crippen molar-refractivity contribution in [3.8, 4) is 0 Å². The van der Waals surface area contributed by atoms with E-state index in [-0.39, 0.29) is 16.4 Å². The van der Waals surface area contributed by atoms with Crippen molar-refractivity contribution in [2.45, 2.75) is 13.8 Å². The number of nitro benzene ring substituents is 1. The van der Waals surface area contributed by atoms with E-state index < -0.39 is 10.8 Å². The maximum absolute atomic E-state index is 12.5. The highest BCUT2D eigenvalue weighted by molar-refractivity contribution is 7.80. The number of carbonyl (C=O) groups is 1. The molecular formula is C21H25N5O3S. The van der Waals surface area contributed by atoms with Crippen LogP contribution in [0.25, 0.3) is 0 Å². The van der Waals surface area contributed by atoms with E-state index in [1.807, 2.05) is 24.3 Å².